The molecule has 8 heteroatoms. The van der Waals surface area contributed by atoms with Crippen molar-refractivity contribution in [3.8, 4) is 17.0 Å². The summed E-state index contributed by atoms with van der Waals surface area (Å²) in [6.45, 7) is 2.79. The first kappa shape index (κ1) is 25.8. The minimum atomic E-state index is -0.581. The number of benzene rings is 3. The Morgan fingerprint density at radius 3 is 2.39 bits per heavy atom. The highest BCUT2D eigenvalue weighted by atomic mass is 79.9. The van der Waals surface area contributed by atoms with E-state index in [1.807, 2.05) is 89.5 Å². The van der Waals surface area contributed by atoms with Gasteiger partial charge in [-0.05, 0) is 58.2 Å². The highest BCUT2D eigenvalue weighted by molar-refractivity contribution is 9.10. The SMILES string of the molecule is CC(Oc1ccccc1)C(=O)NCc1ccc(CNc2cc(-c3ccccc3Cl)nc3c(Br)ccn23)cc1. The summed E-state index contributed by atoms with van der Waals surface area (Å²) in [6, 6.07) is 29.1. The summed E-state index contributed by atoms with van der Waals surface area (Å²) in [5.41, 5.74) is 4.60. The maximum atomic E-state index is 12.4. The van der Waals surface area contributed by atoms with E-state index < -0.39 is 6.10 Å². The van der Waals surface area contributed by atoms with E-state index in [4.69, 9.17) is 21.3 Å². The van der Waals surface area contributed by atoms with Gasteiger partial charge in [0.1, 0.15) is 11.6 Å². The maximum Gasteiger partial charge on any atom is 0.261 e. The van der Waals surface area contributed by atoms with Crippen molar-refractivity contribution in [2.24, 2.45) is 0 Å². The van der Waals surface area contributed by atoms with Crippen molar-refractivity contribution in [2.45, 2.75) is 26.1 Å². The van der Waals surface area contributed by atoms with Crippen LogP contribution in [0.4, 0.5) is 5.82 Å². The number of fused-ring (bicyclic) bond motifs is 1. The normalized spacial score (nSPS) is 11.8. The molecule has 0 saturated heterocycles. The Balaban J connectivity index is 1.22. The number of aromatic nitrogens is 2. The van der Waals surface area contributed by atoms with Gasteiger partial charge < -0.3 is 15.4 Å². The number of hydrogen-bond donors (Lipinski definition) is 2. The smallest absolute Gasteiger partial charge is 0.261 e. The molecule has 0 fully saturated rings. The molecule has 2 aromatic heterocycles. The van der Waals surface area contributed by atoms with Crippen molar-refractivity contribution in [3.05, 3.63) is 118 Å². The standard InChI is InChI=1S/C30H26BrClN4O2/c1-20(38-23-7-3-2-4-8-23)30(37)34-19-22-13-11-21(12-14-22)18-33-28-17-27(24-9-5-6-10-26(24)32)35-29-25(31)15-16-36(28)29/h2-17,20,33H,18-19H2,1H3,(H,34,37). The van der Waals surface area contributed by atoms with Gasteiger partial charge in [0.15, 0.2) is 11.8 Å². The molecule has 0 radical (unpaired) electrons. The maximum absolute atomic E-state index is 12.4. The molecular weight excluding hydrogens is 564 g/mol. The van der Waals surface area contributed by atoms with E-state index in [9.17, 15) is 4.79 Å². The Morgan fingerprint density at radius 2 is 1.66 bits per heavy atom. The quantitative estimate of drug-likeness (QED) is 0.192. The molecule has 3 aromatic carbocycles. The summed E-state index contributed by atoms with van der Waals surface area (Å²) in [5.74, 6) is 1.41. The molecule has 2 heterocycles. The van der Waals surface area contributed by atoms with Crippen LogP contribution < -0.4 is 15.4 Å². The van der Waals surface area contributed by atoms with Gasteiger partial charge in [-0.3, -0.25) is 9.20 Å². The van der Waals surface area contributed by atoms with Gasteiger partial charge in [-0.2, -0.15) is 0 Å². The van der Waals surface area contributed by atoms with Crippen LogP contribution in [0.2, 0.25) is 5.02 Å². The molecular formula is C30H26BrClN4O2. The van der Waals surface area contributed by atoms with E-state index in [0.717, 1.165) is 38.3 Å². The van der Waals surface area contributed by atoms with E-state index in [-0.39, 0.29) is 5.91 Å². The Hall–Kier alpha value is -3.81. The predicted molar refractivity (Wildman–Crippen MR) is 155 cm³/mol. The molecule has 38 heavy (non-hydrogen) atoms. The number of halogens is 2. The van der Waals surface area contributed by atoms with Gasteiger partial charge in [0.2, 0.25) is 0 Å². The number of hydrogen-bond acceptors (Lipinski definition) is 4. The van der Waals surface area contributed by atoms with Gasteiger partial charge in [0.05, 0.1) is 10.2 Å². The molecule has 1 amide bonds. The van der Waals surface area contributed by atoms with Crippen LogP contribution in [0.15, 0.2) is 102 Å². The highest BCUT2D eigenvalue weighted by Gasteiger charge is 2.15. The van der Waals surface area contributed by atoms with E-state index in [1.54, 1.807) is 6.92 Å². The van der Waals surface area contributed by atoms with Crippen LogP contribution in [0.25, 0.3) is 16.9 Å². The second-order valence-corrected chi connectivity index (χ2v) is 10.1. The van der Waals surface area contributed by atoms with Crippen molar-refractivity contribution < 1.29 is 9.53 Å². The average Bonchev–Trinajstić information content (AvgIpc) is 3.32. The number of carbonyl (C=O) groups is 1. The molecule has 192 valence electrons. The topological polar surface area (TPSA) is 67.7 Å². The monoisotopic (exact) mass is 588 g/mol. The van der Waals surface area contributed by atoms with E-state index in [1.165, 1.54) is 0 Å². The van der Waals surface area contributed by atoms with Gasteiger partial charge in [-0.1, -0.05) is 72.3 Å². The number of para-hydroxylation sites is 1. The Bertz CT molecular complexity index is 1550. The third kappa shape index (κ3) is 6.01. The van der Waals surface area contributed by atoms with Crippen molar-refractivity contribution in [3.63, 3.8) is 0 Å². The van der Waals surface area contributed by atoms with Gasteiger partial charge in [-0.15, -0.1) is 0 Å². The third-order valence-corrected chi connectivity index (χ3v) is 7.06. The first-order valence-corrected chi connectivity index (χ1v) is 13.4. The molecule has 0 aliphatic heterocycles. The van der Waals surface area contributed by atoms with Crippen molar-refractivity contribution in [2.75, 3.05) is 5.32 Å². The summed E-state index contributed by atoms with van der Waals surface area (Å²) in [7, 11) is 0. The molecule has 0 saturated carbocycles. The van der Waals surface area contributed by atoms with E-state index in [2.05, 4.69) is 38.7 Å². The second-order valence-electron chi connectivity index (χ2n) is 8.82. The number of nitrogens with one attached hydrogen (secondary N) is 2. The number of amides is 1. The molecule has 0 aliphatic rings. The van der Waals surface area contributed by atoms with Gasteiger partial charge >= 0.3 is 0 Å². The first-order chi connectivity index (χ1) is 18.5. The number of ether oxygens (including phenoxy) is 1. The van der Waals surface area contributed by atoms with Crippen molar-refractivity contribution in [1.82, 2.24) is 14.7 Å². The summed E-state index contributed by atoms with van der Waals surface area (Å²) in [5, 5.41) is 7.12. The van der Waals surface area contributed by atoms with Crippen molar-refractivity contribution in [1.29, 1.82) is 0 Å². The summed E-state index contributed by atoms with van der Waals surface area (Å²) in [6.07, 6.45) is 1.39. The Kier molecular flexibility index (Phi) is 7.96. The molecule has 1 unspecified atom stereocenters. The zero-order valence-electron chi connectivity index (χ0n) is 20.7. The van der Waals surface area contributed by atoms with Gasteiger partial charge in [0.25, 0.3) is 5.91 Å². The lowest BCUT2D eigenvalue weighted by atomic mass is 10.1. The molecule has 0 aliphatic carbocycles. The highest BCUT2D eigenvalue weighted by Crippen LogP contribution is 2.31. The summed E-state index contributed by atoms with van der Waals surface area (Å²) >= 11 is 10.0. The number of rotatable bonds is 9. The number of nitrogens with zero attached hydrogens (tertiary/aromatic N) is 2. The lowest BCUT2D eigenvalue weighted by Crippen LogP contribution is -2.35. The summed E-state index contributed by atoms with van der Waals surface area (Å²) in [4.78, 5) is 17.3. The minimum Gasteiger partial charge on any atom is -0.481 e. The molecule has 5 aromatic rings. The fourth-order valence-corrected chi connectivity index (χ4v) is 4.68. The van der Waals surface area contributed by atoms with Crippen LogP contribution in [0, 0.1) is 0 Å². The van der Waals surface area contributed by atoms with E-state index in [0.29, 0.717) is 23.9 Å². The van der Waals surface area contributed by atoms with Crippen LogP contribution in [0.5, 0.6) is 5.75 Å². The molecule has 1 atom stereocenters. The van der Waals surface area contributed by atoms with Crippen LogP contribution in [-0.4, -0.2) is 21.4 Å². The molecule has 2 N–H and O–H groups in total. The first-order valence-electron chi connectivity index (χ1n) is 12.2. The predicted octanol–water partition coefficient (Wildman–Crippen LogP) is 7.11. The fraction of sp³-hybridized carbons (Fsp3) is 0.133. The van der Waals surface area contributed by atoms with Crippen LogP contribution in [0.1, 0.15) is 18.1 Å². The largest absolute Gasteiger partial charge is 0.481 e. The van der Waals surface area contributed by atoms with Crippen molar-refractivity contribution >= 4 is 44.9 Å². The van der Waals surface area contributed by atoms with E-state index >= 15 is 0 Å². The zero-order valence-corrected chi connectivity index (χ0v) is 23.0. The molecule has 5 rings (SSSR count). The molecule has 0 spiro atoms. The Morgan fingerprint density at radius 1 is 0.974 bits per heavy atom. The Labute approximate surface area is 234 Å². The second kappa shape index (κ2) is 11.7. The lowest BCUT2D eigenvalue weighted by Gasteiger charge is -2.15. The third-order valence-electron chi connectivity index (χ3n) is 6.11. The zero-order chi connectivity index (χ0) is 26.5. The van der Waals surface area contributed by atoms with Gasteiger partial charge in [-0.25, -0.2) is 4.98 Å². The molecule has 0 bridgehead atoms. The average molecular weight is 590 g/mol. The fourth-order valence-electron chi connectivity index (χ4n) is 4.05. The number of carbonyl (C=O) groups excluding carboxylic acids is 1. The lowest BCUT2D eigenvalue weighted by molar-refractivity contribution is -0.127. The number of anilines is 1. The van der Waals surface area contributed by atoms with Crippen LogP contribution in [-0.2, 0) is 17.9 Å². The van der Waals surface area contributed by atoms with Crippen LogP contribution in [0.3, 0.4) is 0 Å². The van der Waals surface area contributed by atoms with Gasteiger partial charge in [0, 0.05) is 35.9 Å². The molecule has 6 nitrogen and oxygen atoms in total. The minimum absolute atomic E-state index is 0.159. The summed E-state index contributed by atoms with van der Waals surface area (Å²) < 4.78 is 8.61. The van der Waals surface area contributed by atoms with Crippen LogP contribution >= 0.6 is 27.5 Å².